The fourth-order valence-corrected chi connectivity index (χ4v) is 2.20. The van der Waals surface area contributed by atoms with Gasteiger partial charge in [0, 0.05) is 24.5 Å². The molecule has 2 heteroatoms. The van der Waals surface area contributed by atoms with Gasteiger partial charge in [0.05, 0.1) is 0 Å². The van der Waals surface area contributed by atoms with Gasteiger partial charge in [0.1, 0.15) is 0 Å². The van der Waals surface area contributed by atoms with Crippen molar-refractivity contribution in [2.45, 2.75) is 45.2 Å². The predicted octanol–water partition coefficient (Wildman–Crippen LogP) is 2.68. The Morgan fingerprint density at radius 2 is 2.14 bits per heavy atom. The molecule has 0 bridgehead atoms. The summed E-state index contributed by atoms with van der Waals surface area (Å²) in [7, 11) is 0. The van der Waals surface area contributed by atoms with Crippen molar-refractivity contribution >= 4 is 0 Å². The van der Waals surface area contributed by atoms with Gasteiger partial charge in [0.25, 0.3) is 0 Å². The van der Waals surface area contributed by atoms with Gasteiger partial charge in [-0.1, -0.05) is 6.92 Å². The van der Waals surface area contributed by atoms with E-state index in [0.717, 1.165) is 18.5 Å². The lowest BCUT2D eigenvalue weighted by atomic mass is 9.87. The van der Waals surface area contributed by atoms with Crippen molar-refractivity contribution in [3.05, 3.63) is 24.0 Å². The van der Waals surface area contributed by atoms with Crippen LogP contribution in [-0.2, 0) is 6.54 Å². The molecule has 1 aliphatic rings. The van der Waals surface area contributed by atoms with Crippen LogP contribution in [-0.4, -0.2) is 11.0 Å². The summed E-state index contributed by atoms with van der Waals surface area (Å²) >= 11 is 0. The zero-order valence-corrected chi connectivity index (χ0v) is 8.92. The van der Waals surface area contributed by atoms with Gasteiger partial charge in [-0.05, 0) is 43.7 Å². The van der Waals surface area contributed by atoms with Crippen LogP contribution in [0, 0.1) is 5.92 Å². The lowest BCUT2D eigenvalue weighted by Gasteiger charge is -2.26. The van der Waals surface area contributed by atoms with Gasteiger partial charge in [-0.15, -0.1) is 0 Å². The first-order valence-electron chi connectivity index (χ1n) is 5.70. The fourth-order valence-electron chi connectivity index (χ4n) is 2.20. The van der Waals surface area contributed by atoms with E-state index >= 15 is 0 Å². The molecular formula is C12H20N2. The summed E-state index contributed by atoms with van der Waals surface area (Å²) in [6.45, 7) is 3.35. The standard InChI is InChI=1S/C12H20N2/c1-10-4-6-11(7-5-10)14-9-12-3-2-8-13-12/h2-3,8,10-11,13-14H,4-7,9H2,1H3. The molecule has 2 N–H and O–H groups in total. The molecule has 0 atom stereocenters. The molecule has 78 valence electrons. The largest absolute Gasteiger partial charge is 0.364 e. The van der Waals surface area contributed by atoms with Crippen molar-refractivity contribution in [3.8, 4) is 0 Å². The average Bonchev–Trinajstić information content (AvgIpc) is 2.70. The minimum Gasteiger partial charge on any atom is -0.364 e. The highest BCUT2D eigenvalue weighted by molar-refractivity contribution is 5.03. The summed E-state index contributed by atoms with van der Waals surface area (Å²) in [6, 6.07) is 4.94. The zero-order chi connectivity index (χ0) is 9.80. The van der Waals surface area contributed by atoms with Crippen molar-refractivity contribution in [2.24, 2.45) is 5.92 Å². The van der Waals surface area contributed by atoms with E-state index in [9.17, 15) is 0 Å². The number of H-pyrrole nitrogens is 1. The quantitative estimate of drug-likeness (QED) is 0.757. The third-order valence-electron chi connectivity index (χ3n) is 3.26. The van der Waals surface area contributed by atoms with Gasteiger partial charge in [-0.25, -0.2) is 0 Å². The maximum Gasteiger partial charge on any atom is 0.0359 e. The van der Waals surface area contributed by atoms with Crippen LogP contribution in [0.3, 0.4) is 0 Å². The van der Waals surface area contributed by atoms with Crippen LogP contribution in [0.1, 0.15) is 38.3 Å². The van der Waals surface area contributed by atoms with Crippen LogP contribution < -0.4 is 5.32 Å². The molecule has 14 heavy (non-hydrogen) atoms. The molecule has 1 aromatic rings. The van der Waals surface area contributed by atoms with Crippen LogP contribution in [0.5, 0.6) is 0 Å². The highest BCUT2D eigenvalue weighted by atomic mass is 14.9. The first-order chi connectivity index (χ1) is 6.84. The first-order valence-corrected chi connectivity index (χ1v) is 5.70. The highest BCUT2D eigenvalue weighted by Gasteiger charge is 2.17. The van der Waals surface area contributed by atoms with E-state index < -0.39 is 0 Å². The Morgan fingerprint density at radius 3 is 2.79 bits per heavy atom. The van der Waals surface area contributed by atoms with E-state index in [4.69, 9.17) is 0 Å². The molecule has 1 aliphatic carbocycles. The summed E-state index contributed by atoms with van der Waals surface area (Å²) in [5, 5.41) is 3.61. The number of hydrogen-bond donors (Lipinski definition) is 2. The maximum absolute atomic E-state index is 3.61. The normalized spacial score (nSPS) is 27.8. The molecular weight excluding hydrogens is 172 g/mol. The van der Waals surface area contributed by atoms with Crippen molar-refractivity contribution in [1.82, 2.24) is 10.3 Å². The van der Waals surface area contributed by atoms with Crippen LogP contribution >= 0.6 is 0 Å². The average molecular weight is 192 g/mol. The molecule has 0 amide bonds. The van der Waals surface area contributed by atoms with Crippen molar-refractivity contribution in [3.63, 3.8) is 0 Å². The molecule has 0 unspecified atom stereocenters. The topological polar surface area (TPSA) is 27.8 Å². The van der Waals surface area contributed by atoms with E-state index in [1.54, 1.807) is 0 Å². The Bertz CT molecular complexity index is 245. The van der Waals surface area contributed by atoms with Gasteiger partial charge in [0.15, 0.2) is 0 Å². The zero-order valence-electron chi connectivity index (χ0n) is 8.92. The molecule has 0 spiro atoms. The third-order valence-corrected chi connectivity index (χ3v) is 3.26. The molecule has 0 aromatic carbocycles. The highest BCUT2D eigenvalue weighted by Crippen LogP contribution is 2.23. The van der Waals surface area contributed by atoms with E-state index in [-0.39, 0.29) is 0 Å². The van der Waals surface area contributed by atoms with Crippen LogP contribution in [0.25, 0.3) is 0 Å². The number of aromatic nitrogens is 1. The van der Waals surface area contributed by atoms with E-state index in [1.807, 2.05) is 6.20 Å². The molecule has 2 rings (SSSR count). The number of rotatable bonds is 3. The molecule has 1 saturated carbocycles. The Hall–Kier alpha value is -0.760. The summed E-state index contributed by atoms with van der Waals surface area (Å²) in [5.74, 6) is 0.943. The summed E-state index contributed by atoms with van der Waals surface area (Å²) < 4.78 is 0. The monoisotopic (exact) mass is 192 g/mol. The Kier molecular flexibility index (Phi) is 3.25. The minimum absolute atomic E-state index is 0.745. The number of hydrogen-bond acceptors (Lipinski definition) is 1. The Morgan fingerprint density at radius 1 is 1.36 bits per heavy atom. The lowest BCUT2D eigenvalue weighted by Crippen LogP contribution is -2.32. The van der Waals surface area contributed by atoms with Gasteiger partial charge < -0.3 is 10.3 Å². The Balaban J connectivity index is 1.71. The van der Waals surface area contributed by atoms with Crippen molar-refractivity contribution in [2.75, 3.05) is 0 Å². The van der Waals surface area contributed by atoms with E-state index in [0.29, 0.717) is 0 Å². The Labute approximate surface area is 86.1 Å². The number of nitrogens with one attached hydrogen (secondary N) is 2. The second-order valence-electron chi connectivity index (χ2n) is 4.53. The van der Waals surface area contributed by atoms with Crippen molar-refractivity contribution in [1.29, 1.82) is 0 Å². The molecule has 2 nitrogen and oxygen atoms in total. The molecule has 1 fully saturated rings. The second kappa shape index (κ2) is 4.65. The fraction of sp³-hybridized carbons (Fsp3) is 0.667. The second-order valence-corrected chi connectivity index (χ2v) is 4.53. The van der Waals surface area contributed by atoms with E-state index in [2.05, 4.69) is 29.4 Å². The third kappa shape index (κ3) is 2.61. The van der Waals surface area contributed by atoms with Crippen LogP contribution in [0.2, 0.25) is 0 Å². The predicted molar refractivity (Wildman–Crippen MR) is 59.1 cm³/mol. The van der Waals surface area contributed by atoms with Gasteiger partial charge in [-0.3, -0.25) is 0 Å². The SMILES string of the molecule is CC1CCC(NCc2ccc[nH]2)CC1. The summed E-state index contributed by atoms with van der Waals surface area (Å²) in [6.07, 6.45) is 7.47. The molecule has 1 heterocycles. The minimum atomic E-state index is 0.745. The van der Waals surface area contributed by atoms with E-state index in [1.165, 1.54) is 31.4 Å². The smallest absolute Gasteiger partial charge is 0.0359 e. The molecule has 1 aromatic heterocycles. The van der Waals surface area contributed by atoms with Crippen LogP contribution in [0.15, 0.2) is 18.3 Å². The van der Waals surface area contributed by atoms with Gasteiger partial charge >= 0.3 is 0 Å². The molecule has 0 aliphatic heterocycles. The molecule has 0 saturated heterocycles. The van der Waals surface area contributed by atoms with Crippen molar-refractivity contribution < 1.29 is 0 Å². The summed E-state index contributed by atoms with van der Waals surface area (Å²) in [4.78, 5) is 3.22. The van der Waals surface area contributed by atoms with Gasteiger partial charge in [-0.2, -0.15) is 0 Å². The molecule has 0 radical (unpaired) electrons. The lowest BCUT2D eigenvalue weighted by molar-refractivity contribution is 0.306. The summed E-state index contributed by atoms with van der Waals surface area (Å²) in [5.41, 5.74) is 1.30. The van der Waals surface area contributed by atoms with Crippen LogP contribution in [0.4, 0.5) is 0 Å². The first kappa shape index (κ1) is 9.78. The van der Waals surface area contributed by atoms with Gasteiger partial charge in [0.2, 0.25) is 0 Å². The maximum atomic E-state index is 3.61. The number of aromatic amines is 1.